The van der Waals surface area contributed by atoms with Crippen LogP contribution in [0, 0.1) is 0 Å². The van der Waals surface area contributed by atoms with Crippen molar-refractivity contribution in [3.05, 3.63) is 29.5 Å². The molecule has 1 aromatic carbocycles. The third-order valence-electron chi connectivity index (χ3n) is 1.69. The Balaban J connectivity index is 2.96. The predicted octanol–water partition coefficient (Wildman–Crippen LogP) is 2.23. The molecular weight excluding hydrogens is 160 g/mol. The minimum atomic E-state index is 0.752. The van der Waals surface area contributed by atoms with Gasteiger partial charge in [-0.1, -0.05) is 17.7 Å². The van der Waals surface area contributed by atoms with Crippen molar-refractivity contribution in [1.82, 2.24) is 9.55 Å². The largest absolute Gasteiger partial charge is 0.333 e. The molecule has 0 aliphatic carbocycles. The monoisotopic (exact) mass is 166 g/mol. The molecule has 0 N–H and O–H groups in total. The molecular formula is C8H7ClN2. The van der Waals surface area contributed by atoms with E-state index in [1.165, 1.54) is 0 Å². The van der Waals surface area contributed by atoms with Crippen LogP contribution < -0.4 is 0 Å². The van der Waals surface area contributed by atoms with Crippen LogP contribution in [0.15, 0.2) is 24.5 Å². The number of fused-ring (bicyclic) bond motifs is 1. The van der Waals surface area contributed by atoms with Crippen molar-refractivity contribution in [3.8, 4) is 0 Å². The van der Waals surface area contributed by atoms with Gasteiger partial charge in [-0.2, -0.15) is 0 Å². The number of hydrogen-bond acceptors (Lipinski definition) is 1. The molecule has 0 amide bonds. The van der Waals surface area contributed by atoms with Crippen LogP contribution in [-0.4, -0.2) is 9.55 Å². The average molecular weight is 167 g/mol. The second kappa shape index (κ2) is 2.24. The summed E-state index contributed by atoms with van der Waals surface area (Å²) in [4.78, 5) is 4.16. The highest BCUT2D eigenvalue weighted by atomic mass is 35.5. The topological polar surface area (TPSA) is 17.8 Å². The van der Waals surface area contributed by atoms with Crippen molar-refractivity contribution in [2.45, 2.75) is 0 Å². The zero-order chi connectivity index (χ0) is 7.84. The zero-order valence-corrected chi connectivity index (χ0v) is 6.84. The molecule has 0 aliphatic rings. The second-order valence-electron chi connectivity index (χ2n) is 2.46. The van der Waals surface area contributed by atoms with E-state index in [-0.39, 0.29) is 0 Å². The second-order valence-corrected chi connectivity index (χ2v) is 2.87. The lowest BCUT2D eigenvalue weighted by Crippen LogP contribution is -1.83. The van der Waals surface area contributed by atoms with Crippen LogP contribution in [0.5, 0.6) is 0 Å². The molecule has 56 valence electrons. The van der Waals surface area contributed by atoms with Crippen molar-refractivity contribution in [2.75, 3.05) is 0 Å². The Morgan fingerprint density at radius 3 is 3.00 bits per heavy atom. The molecule has 0 unspecified atom stereocenters. The van der Waals surface area contributed by atoms with Crippen LogP contribution in [0.2, 0.25) is 5.02 Å². The van der Waals surface area contributed by atoms with Gasteiger partial charge in [0.25, 0.3) is 0 Å². The first kappa shape index (κ1) is 6.68. The van der Waals surface area contributed by atoms with E-state index in [9.17, 15) is 0 Å². The van der Waals surface area contributed by atoms with Gasteiger partial charge in [-0.3, -0.25) is 0 Å². The van der Waals surface area contributed by atoms with Crippen molar-refractivity contribution >= 4 is 22.6 Å². The van der Waals surface area contributed by atoms with Crippen LogP contribution in [-0.2, 0) is 7.05 Å². The van der Waals surface area contributed by atoms with Gasteiger partial charge in [0, 0.05) is 7.05 Å². The first-order valence-corrected chi connectivity index (χ1v) is 3.72. The van der Waals surface area contributed by atoms with E-state index in [4.69, 9.17) is 11.6 Å². The summed E-state index contributed by atoms with van der Waals surface area (Å²) in [5, 5.41) is 0.752. The molecule has 0 fully saturated rings. The summed E-state index contributed by atoms with van der Waals surface area (Å²) in [6.45, 7) is 0. The van der Waals surface area contributed by atoms with Gasteiger partial charge in [-0.15, -0.1) is 0 Å². The van der Waals surface area contributed by atoms with Crippen LogP contribution in [0.1, 0.15) is 0 Å². The maximum Gasteiger partial charge on any atom is 0.0956 e. The number of imidazole rings is 1. The highest BCUT2D eigenvalue weighted by molar-refractivity contribution is 6.34. The number of halogens is 1. The highest BCUT2D eigenvalue weighted by Gasteiger charge is 2.01. The lowest BCUT2D eigenvalue weighted by molar-refractivity contribution is 0.948. The summed E-state index contributed by atoms with van der Waals surface area (Å²) in [5.74, 6) is 0. The van der Waals surface area contributed by atoms with Crippen LogP contribution in [0.4, 0.5) is 0 Å². The third kappa shape index (κ3) is 0.906. The van der Waals surface area contributed by atoms with Gasteiger partial charge < -0.3 is 4.57 Å². The van der Waals surface area contributed by atoms with E-state index in [0.717, 1.165) is 16.1 Å². The quantitative estimate of drug-likeness (QED) is 0.587. The molecule has 2 nitrogen and oxygen atoms in total. The summed E-state index contributed by atoms with van der Waals surface area (Å²) in [7, 11) is 1.93. The number of hydrogen-bond donors (Lipinski definition) is 0. The molecule has 1 heterocycles. The lowest BCUT2D eigenvalue weighted by Gasteiger charge is -1.95. The van der Waals surface area contributed by atoms with E-state index in [1.54, 1.807) is 6.33 Å². The molecule has 0 atom stereocenters. The Morgan fingerprint density at radius 2 is 2.27 bits per heavy atom. The number of para-hydroxylation sites is 1. The fourth-order valence-corrected chi connectivity index (χ4v) is 1.47. The van der Waals surface area contributed by atoms with Crippen LogP contribution in [0.25, 0.3) is 11.0 Å². The molecule has 11 heavy (non-hydrogen) atoms. The molecule has 2 rings (SSSR count). The first-order chi connectivity index (χ1) is 5.29. The Morgan fingerprint density at radius 1 is 1.45 bits per heavy atom. The van der Waals surface area contributed by atoms with Gasteiger partial charge in [0.2, 0.25) is 0 Å². The summed E-state index contributed by atoms with van der Waals surface area (Å²) >= 11 is 5.94. The Kier molecular flexibility index (Phi) is 1.36. The molecule has 2 aromatic rings. The van der Waals surface area contributed by atoms with Crippen molar-refractivity contribution < 1.29 is 0 Å². The fraction of sp³-hybridized carbons (Fsp3) is 0.125. The summed E-state index contributed by atoms with van der Waals surface area (Å²) in [5.41, 5.74) is 1.94. The maximum absolute atomic E-state index is 5.94. The van der Waals surface area contributed by atoms with Crippen LogP contribution >= 0.6 is 11.6 Å². The van der Waals surface area contributed by atoms with Crippen molar-refractivity contribution in [2.24, 2.45) is 7.05 Å². The molecule has 3 heteroatoms. The van der Waals surface area contributed by atoms with Gasteiger partial charge in [0.05, 0.1) is 22.4 Å². The summed E-state index contributed by atoms with van der Waals surface area (Å²) in [6, 6.07) is 5.71. The number of aryl methyl sites for hydroxylation is 1. The Labute approximate surface area is 69.4 Å². The van der Waals surface area contributed by atoms with E-state index in [0.29, 0.717) is 0 Å². The lowest BCUT2D eigenvalue weighted by atomic mass is 10.3. The maximum atomic E-state index is 5.94. The third-order valence-corrected chi connectivity index (χ3v) is 1.99. The van der Waals surface area contributed by atoms with E-state index in [2.05, 4.69) is 4.98 Å². The number of aromatic nitrogens is 2. The van der Waals surface area contributed by atoms with Gasteiger partial charge >= 0.3 is 0 Å². The molecule has 0 bridgehead atoms. The summed E-state index contributed by atoms with van der Waals surface area (Å²) in [6.07, 6.45) is 1.76. The van der Waals surface area contributed by atoms with Crippen LogP contribution in [0.3, 0.4) is 0 Å². The smallest absolute Gasteiger partial charge is 0.0956 e. The van der Waals surface area contributed by atoms with Gasteiger partial charge in [-0.05, 0) is 12.1 Å². The number of nitrogens with zero attached hydrogens (tertiary/aromatic N) is 2. The molecule has 0 aliphatic heterocycles. The minimum absolute atomic E-state index is 0.752. The zero-order valence-electron chi connectivity index (χ0n) is 6.08. The molecule has 0 spiro atoms. The highest BCUT2D eigenvalue weighted by Crippen LogP contribution is 2.20. The normalized spacial score (nSPS) is 10.7. The molecule has 1 aromatic heterocycles. The minimum Gasteiger partial charge on any atom is -0.333 e. The summed E-state index contributed by atoms with van der Waals surface area (Å²) < 4.78 is 1.91. The van der Waals surface area contributed by atoms with Crippen molar-refractivity contribution in [3.63, 3.8) is 0 Å². The number of benzene rings is 1. The average Bonchev–Trinajstić information content (AvgIpc) is 2.34. The van der Waals surface area contributed by atoms with Gasteiger partial charge in [0.15, 0.2) is 0 Å². The SMILES string of the molecule is Cn1cnc2cccc(Cl)c21. The fourth-order valence-electron chi connectivity index (χ4n) is 1.16. The predicted molar refractivity (Wildman–Crippen MR) is 45.7 cm³/mol. The standard InChI is InChI=1S/C8H7ClN2/c1-11-5-10-7-4-2-3-6(9)8(7)11/h2-5H,1H3. The Hall–Kier alpha value is -1.02. The van der Waals surface area contributed by atoms with E-state index < -0.39 is 0 Å². The van der Waals surface area contributed by atoms with Crippen molar-refractivity contribution in [1.29, 1.82) is 0 Å². The van der Waals surface area contributed by atoms with Gasteiger partial charge in [-0.25, -0.2) is 4.98 Å². The molecule has 0 saturated heterocycles. The molecule has 0 radical (unpaired) electrons. The number of rotatable bonds is 0. The Bertz CT molecular complexity index is 392. The molecule has 0 saturated carbocycles. The van der Waals surface area contributed by atoms with E-state index in [1.807, 2.05) is 29.8 Å². The van der Waals surface area contributed by atoms with Gasteiger partial charge in [0.1, 0.15) is 0 Å². The van der Waals surface area contributed by atoms with E-state index >= 15 is 0 Å². The first-order valence-electron chi connectivity index (χ1n) is 3.34.